The summed E-state index contributed by atoms with van der Waals surface area (Å²) in [6.07, 6.45) is -4.77. The number of nitrogens with one attached hydrogen (secondary N) is 1. The smallest absolute Gasteiger partial charge is 0.352 e. The number of alkyl halides is 3. The minimum Gasteiger partial charge on any atom is -0.352 e. The lowest BCUT2D eigenvalue weighted by atomic mass is 10.0. The fraction of sp³-hybridized carbons (Fsp3) is 0.235. The van der Waals surface area contributed by atoms with Crippen LogP contribution in [0.1, 0.15) is 30.5 Å². The Kier molecular flexibility index (Phi) is 11.6. The Hall–Kier alpha value is -4.06. The largest absolute Gasteiger partial charge is 0.416 e. The van der Waals surface area contributed by atoms with Crippen molar-refractivity contribution >= 4 is 50.7 Å². The average molecular weight is 707 g/mol. The second-order valence-corrected chi connectivity index (χ2v) is 13.7. The first-order valence-electron chi connectivity index (χ1n) is 14.5. The lowest BCUT2D eigenvalue weighted by Gasteiger charge is -2.34. The van der Waals surface area contributed by atoms with Gasteiger partial charge in [-0.3, -0.25) is 13.9 Å². The molecule has 4 rings (SSSR count). The van der Waals surface area contributed by atoms with Gasteiger partial charge in [-0.05, 0) is 67.4 Å². The fourth-order valence-corrected chi connectivity index (χ4v) is 6.68. The Morgan fingerprint density at radius 1 is 0.830 bits per heavy atom. The van der Waals surface area contributed by atoms with Crippen molar-refractivity contribution in [3.63, 3.8) is 0 Å². The van der Waals surface area contributed by atoms with E-state index in [0.717, 1.165) is 17.7 Å². The van der Waals surface area contributed by atoms with Gasteiger partial charge in [0.2, 0.25) is 11.8 Å². The minimum absolute atomic E-state index is 0.0640. The summed E-state index contributed by atoms with van der Waals surface area (Å²) in [5.74, 6) is -1.35. The number of anilines is 1. The normalized spacial score (nSPS) is 12.4. The molecule has 0 radical (unpaired) electrons. The van der Waals surface area contributed by atoms with Crippen molar-refractivity contribution in [2.75, 3.05) is 10.8 Å². The summed E-state index contributed by atoms with van der Waals surface area (Å²) >= 11 is 12.4. The number of benzene rings is 4. The molecule has 0 heterocycles. The quantitative estimate of drug-likeness (QED) is 0.167. The van der Waals surface area contributed by atoms with Crippen molar-refractivity contribution in [3.8, 4) is 0 Å². The zero-order valence-corrected chi connectivity index (χ0v) is 27.7. The zero-order valence-electron chi connectivity index (χ0n) is 25.4. The van der Waals surface area contributed by atoms with Crippen LogP contribution < -0.4 is 9.62 Å². The van der Waals surface area contributed by atoms with Gasteiger partial charge in [0.05, 0.1) is 21.2 Å². The van der Waals surface area contributed by atoms with Crippen LogP contribution in [0.25, 0.3) is 0 Å². The van der Waals surface area contributed by atoms with Crippen LogP contribution in [0.4, 0.5) is 18.9 Å². The molecule has 7 nitrogen and oxygen atoms in total. The van der Waals surface area contributed by atoms with Gasteiger partial charge in [-0.25, -0.2) is 8.42 Å². The van der Waals surface area contributed by atoms with Crippen molar-refractivity contribution in [2.45, 2.75) is 50.0 Å². The van der Waals surface area contributed by atoms with E-state index in [2.05, 4.69) is 5.32 Å². The Morgan fingerprint density at radius 3 is 2.00 bits per heavy atom. The molecule has 1 N–H and O–H groups in total. The second kappa shape index (κ2) is 15.2. The van der Waals surface area contributed by atoms with E-state index in [1.54, 1.807) is 74.5 Å². The fourth-order valence-electron chi connectivity index (χ4n) is 4.83. The monoisotopic (exact) mass is 705 g/mol. The van der Waals surface area contributed by atoms with E-state index in [0.29, 0.717) is 21.0 Å². The molecule has 0 unspecified atom stereocenters. The Morgan fingerprint density at radius 2 is 1.43 bits per heavy atom. The molecule has 13 heteroatoms. The third kappa shape index (κ3) is 9.27. The number of nitrogens with zero attached hydrogens (tertiary/aromatic N) is 2. The van der Waals surface area contributed by atoms with Gasteiger partial charge in [0.1, 0.15) is 12.6 Å². The molecule has 0 fully saturated rings. The second-order valence-electron chi connectivity index (χ2n) is 11.0. The van der Waals surface area contributed by atoms with E-state index in [4.69, 9.17) is 23.2 Å². The maximum atomic E-state index is 14.4. The molecule has 47 heavy (non-hydrogen) atoms. The molecule has 0 aliphatic rings. The molecule has 0 aromatic heterocycles. The molecule has 248 valence electrons. The maximum absolute atomic E-state index is 14.4. The van der Waals surface area contributed by atoms with Gasteiger partial charge in [0, 0.05) is 24.0 Å². The highest BCUT2D eigenvalue weighted by molar-refractivity contribution is 7.92. The van der Waals surface area contributed by atoms with E-state index >= 15 is 0 Å². The highest BCUT2D eigenvalue weighted by Gasteiger charge is 2.37. The maximum Gasteiger partial charge on any atom is 0.416 e. The molecular weight excluding hydrogens is 674 g/mol. The number of hydrogen-bond acceptors (Lipinski definition) is 4. The minimum atomic E-state index is -4.83. The predicted octanol–water partition coefficient (Wildman–Crippen LogP) is 7.37. The molecule has 4 aromatic rings. The molecule has 2 amide bonds. The first-order chi connectivity index (χ1) is 22.2. The Labute approximate surface area is 282 Å². The van der Waals surface area contributed by atoms with Crippen LogP contribution in [-0.2, 0) is 38.8 Å². The van der Waals surface area contributed by atoms with Gasteiger partial charge in [-0.2, -0.15) is 13.2 Å². The molecule has 0 bridgehead atoms. The number of rotatable bonds is 12. The first-order valence-corrected chi connectivity index (χ1v) is 16.7. The summed E-state index contributed by atoms with van der Waals surface area (Å²) in [5, 5.41) is 2.94. The number of sulfonamides is 1. The molecule has 0 aliphatic carbocycles. The van der Waals surface area contributed by atoms with E-state index in [1.165, 1.54) is 29.2 Å². The summed E-state index contributed by atoms with van der Waals surface area (Å²) < 4.78 is 70.1. The van der Waals surface area contributed by atoms with E-state index in [-0.39, 0.29) is 28.9 Å². The molecule has 4 aromatic carbocycles. The van der Waals surface area contributed by atoms with Crippen LogP contribution in [0, 0.1) is 0 Å². The summed E-state index contributed by atoms with van der Waals surface area (Å²) in [5.41, 5.74) is -0.405. The Bertz CT molecular complexity index is 1790. The van der Waals surface area contributed by atoms with Crippen LogP contribution in [-0.4, -0.2) is 43.8 Å². The van der Waals surface area contributed by atoms with Gasteiger partial charge in [0.25, 0.3) is 10.0 Å². The molecule has 0 saturated carbocycles. The van der Waals surface area contributed by atoms with Crippen LogP contribution in [0.3, 0.4) is 0 Å². The van der Waals surface area contributed by atoms with Crippen molar-refractivity contribution < 1.29 is 31.2 Å². The summed E-state index contributed by atoms with van der Waals surface area (Å²) in [4.78, 5) is 29.1. The van der Waals surface area contributed by atoms with Crippen molar-refractivity contribution in [3.05, 3.63) is 130 Å². The first kappa shape index (κ1) is 35.8. The number of halogens is 5. The highest BCUT2D eigenvalue weighted by atomic mass is 35.5. The predicted molar refractivity (Wildman–Crippen MR) is 177 cm³/mol. The van der Waals surface area contributed by atoms with E-state index in [9.17, 15) is 31.2 Å². The lowest BCUT2D eigenvalue weighted by molar-refractivity contribution is -0.140. The van der Waals surface area contributed by atoms with Gasteiger partial charge >= 0.3 is 6.18 Å². The van der Waals surface area contributed by atoms with E-state index < -0.39 is 51.9 Å². The summed E-state index contributed by atoms with van der Waals surface area (Å²) in [7, 11) is -4.65. The number of carbonyl (C=O) groups is 2. The zero-order chi connectivity index (χ0) is 34.4. The Balaban J connectivity index is 1.87. The van der Waals surface area contributed by atoms with Gasteiger partial charge in [-0.15, -0.1) is 0 Å². The lowest BCUT2D eigenvalue weighted by Crippen LogP contribution is -2.54. The molecule has 0 saturated heterocycles. The molecule has 0 spiro atoms. The third-order valence-corrected chi connectivity index (χ3v) is 9.47. The summed E-state index contributed by atoms with van der Waals surface area (Å²) in [6.45, 7) is 2.40. The number of hydrogen-bond donors (Lipinski definition) is 1. The van der Waals surface area contributed by atoms with Crippen molar-refractivity contribution in [1.29, 1.82) is 0 Å². The van der Waals surface area contributed by atoms with Crippen LogP contribution in [0.5, 0.6) is 0 Å². The van der Waals surface area contributed by atoms with Crippen LogP contribution in [0.15, 0.2) is 108 Å². The molecule has 0 aliphatic heterocycles. The third-order valence-electron chi connectivity index (χ3n) is 7.12. The summed E-state index contributed by atoms with van der Waals surface area (Å²) in [6, 6.07) is 23.2. The number of amides is 2. The highest BCUT2D eigenvalue weighted by Crippen LogP contribution is 2.37. The van der Waals surface area contributed by atoms with E-state index in [1.807, 2.05) is 0 Å². The van der Waals surface area contributed by atoms with Crippen LogP contribution >= 0.6 is 23.2 Å². The van der Waals surface area contributed by atoms with Gasteiger partial charge < -0.3 is 10.2 Å². The van der Waals surface area contributed by atoms with Crippen molar-refractivity contribution in [2.24, 2.45) is 0 Å². The standard InChI is InChI=1S/C34H32Cl2F3N3O4S/c1-23(2)40-33(44)31(19-24-9-5-3-6-10-24)41(21-25-13-16-27(35)17-14-25)32(43)22-42(47(45,46)28-11-7-4-8-12-28)30-20-26(34(37,38)39)15-18-29(30)36/h3-18,20,23,31H,19,21-22H2,1-2H3,(H,40,44)/t31-/m0/s1. The molecular formula is C34H32Cl2F3N3O4S. The SMILES string of the molecule is CC(C)NC(=O)[C@H](Cc1ccccc1)N(Cc1ccc(Cl)cc1)C(=O)CN(c1cc(C(F)(F)F)ccc1Cl)S(=O)(=O)c1ccccc1. The topological polar surface area (TPSA) is 86.8 Å². The average Bonchev–Trinajstić information content (AvgIpc) is 3.02. The van der Waals surface area contributed by atoms with Crippen molar-refractivity contribution in [1.82, 2.24) is 10.2 Å². The van der Waals surface area contributed by atoms with Crippen LogP contribution in [0.2, 0.25) is 10.0 Å². The van der Waals surface area contributed by atoms with Gasteiger partial charge in [-0.1, -0.05) is 83.9 Å². The number of carbonyl (C=O) groups excluding carboxylic acids is 2. The molecule has 1 atom stereocenters. The van der Waals surface area contributed by atoms with Gasteiger partial charge in [0.15, 0.2) is 0 Å².